The van der Waals surface area contributed by atoms with Gasteiger partial charge in [-0.1, -0.05) is 18.2 Å². The molecule has 1 unspecified atom stereocenters. The monoisotopic (exact) mass is 304 g/mol. The molecule has 21 heavy (non-hydrogen) atoms. The highest BCUT2D eigenvalue weighted by Crippen LogP contribution is 2.33. The Morgan fingerprint density at radius 2 is 1.86 bits per heavy atom. The van der Waals surface area contributed by atoms with Crippen LogP contribution in [0.4, 0.5) is 13.2 Å². The molecule has 0 aromatic heterocycles. The first kappa shape index (κ1) is 17.9. The largest absolute Gasteiger partial charge is 0.416 e. The summed E-state index contributed by atoms with van der Waals surface area (Å²) in [7, 11) is 1.82. The smallest absolute Gasteiger partial charge is 0.377 e. The highest BCUT2D eigenvalue weighted by atomic mass is 19.4. The summed E-state index contributed by atoms with van der Waals surface area (Å²) in [5, 5.41) is 0. The number of halogens is 3. The first-order chi connectivity index (χ1) is 9.71. The van der Waals surface area contributed by atoms with Gasteiger partial charge < -0.3 is 15.4 Å². The number of hydrogen-bond acceptors (Lipinski definition) is 3. The molecule has 0 aliphatic rings. The van der Waals surface area contributed by atoms with E-state index in [1.807, 2.05) is 25.8 Å². The standard InChI is InChI=1S/C15H23F3N2O/c1-11(2)21-9-8-20(3)10-14(19)12-6-4-5-7-13(12)15(16,17)18/h4-7,11,14H,8-10,19H2,1-3H3. The Balaban J connectivity index is 2.65. The SMILES string of the molecule is CC(C)OCCN(C)CC(N)c1ccccc1C(F)(F)F. The molecule has 0 aliphatic heterocycles. The van der Waals surface area contributed by atoms with Crippen LogP contribution in [0.2, 0.25) is 0 Å². The quantitative estimate of drug-likeness (QED) is 0.841. The van der Waals surface area contributed by atoms with Gasteiger partial charge in [0.2, 0.25) is 0 Å². The van der Waals surface area contributed by atoms with E-state index in [-0.39, 0.29) is 11.7 Å². The molecule has 0 heterocycles. The predicted molar refractivity (Wildman–Crippen MR) is 77.0 cm³/mol. The van der Waals surface area contributed by atoms with Gasteiger partial charge in [0.25, 0.3) is 0 Å². The van der Waals surface area contributed by atoms with E-state index in [1.54, 1.807) is 6.07 Å². The number of rotatable bonds is 7. The van der Waals surface area contributed by atoms with Crippen molar-refractivity contribution >= 4 is 0 Å². The van der Waals surface area contributed by atoms with Crippen LogP contribution in [0.25, 0.3) is 0 Å². The van der Waals surface area contributed by atoms with Crippen LogP contribution in [0.5, 0.6) is 0 Å². The fraction of sp³-hybridized carbons (Fsp3) is 0.600. The summed E-state index contributed by atoms with van der Waals surface area (Å²) in [5.74, 6) is 0. The molecule has 0 radical (unpaired) electrons. The lowest BCUT2D eigenvalue weighted by molar-refractivity contribution is -0.138. The van der Waals surface area contributed by atoms with Crippen LogP contribution >= 0.6 is 0 Å². The second-order valence-corrected chi connectivity index (χ2v) is 5.37. The molecule has 0 bridgehead atoms. The van der Waals surface area contributed by atoms with Gasteiger partial charge in [-0.2, -0.15) is 13.2 Å². The molecule has 6 heteroatoms. The lowest BCUT2D eigenvalue weighted by Crippen LogP contribution is -2.33. The van der Waals surface area contributed by atoms with Crippen LogP contribution in [-0.2, 0) is 10.9 Å². The summed E-state index contributed by atoms with van der Waals surface area (Å²) in [5.41, 5.74) is 5.41. The molecule has 3 nitrogen and oxygen atoms in total. The normalized spacial score (nSPS) is 14.0. The number of likely N-dealkylation sites (N-methyl/N-ethyl adjacent to an activating group) is 1. The van der Waals surface area contributed by atoms with Gasteiger partial charge in [0.1, 0.15) is 0 Å². The summed E-state index contributed by atoms with van der Waals surface area (Å²) in [6, 6.07) is 4.76. The van der Waals surface area contributed by atoms with E-state index in [1.165, 1.54) is 12.1 Å². The third kappa shape index (κ3) is 6.03. The van der Waals surface area contributed by atoms with Crippen LogP contribution in [0.3, 0.4) is 0 Å². The Morgan fingerprint density at radius 3 is 2.43 bits per heavy atom. The summed E-state index contributed by atoms with van der Waals surface area (Å²) in [4.78, 5) is 1.88. The van der Waals surface area contributed by atoms with Crippen LogP contribution in [-0.4, -0.2) is 37.7 Å². The van der Waals surface area contributed by atoms with Crippen LogP contribution < -0.4 is 5.73 Å². The van der Waals surface area contributed by atoms with E-state index in [9.17, 15) is 13.2 Å². The molecule has 1 aromatic rings. The van der Waals surface area contributed by atoms with Crippen molar-refractivity contribution < 1.29 is 17.9 Å². The molecule has 2 N–H and O–H groups in total. The van der Waals surface area contributed by atoms with Crippen molar-refractivity contribution in [3.05, 3.63) is 35.4 Å². The fourth-order valence-electron chi connectivity index (χ4n) is 2.05. The Bertz CT molecular complexity index is 435. The topological polar surface area (TPSA) is 38.5 Å². The fourth-order valence-corrected chi connectivity index (χ4v) is 2.05. The van der Waals surface area contributed by atoms with Crippen LogP contribution in [0.1, 0.15) is 31.0 Å². The number of nitrogens with zero attached hydrogens (tertiary/aromatic N) is 1. The van der Waals surface area contributed by atoms with Crippen molar-refractivity contribution in [1.29, 1.82) is 0 Å². The van der Waals surface area contributed by atoms with E-state index < -0.39 is 17.8 Å². The zero-order valence-corrected chi connectivity index (χ0v) is 12.7. The second-order valence-electron chi connectivity index (χ2n) is 5.37. The van der Waals surface area contributed by atoms with Crippen molar-refractivity contribution in [3.63, 3.8) is 0 Å². The first-order valence-corrected chi connectivity index (χ1v) is 6.93. The molecule has 0 aliphatic carbocycles. The Kier molecular flexibility index (Phi) is 6.64. The lowest BCUT2D eigenvalue weighted by atomic mass is 10.00. The van der Waals surface area contributed by atoms with Gasteiger partial charge >= 0.3 is 6.18 Å². The zero-order chi connectivity index (χ0) is 16.0. The second kappa shape index (κ2) is 7.77. The summed E-state index contributed by atoms with van der Waals surface area (Å²) in [6.45, 7) is 5.37. The maximum atomic E-state index is 12.9. The Hall–Kier alpha value is -1.11. The molecule has 1 rings (SSSR count). The van der Waals surface area contributed by atoms with Gasteiger partial charge in [0.15, 0.2) is 0 Å². The third-order valence-electron chi connectivity index (χ3n) is 3.10. The van der Waals surface area contributed by atoms with E-state index in [0.29, 0.717) is 19.7 Å². The average Bonchev–Trinajstić information content (AvgIpc) is 2.37. The molecular weight excluding hydrogens is 281 g/mol. The maximum Gasteiger partial charge on any atom is 0.416 e. The van der Waals surface area contributed by atoms with Crippen molar-refractivity contribution in [2.45, 2.75) is 32.2 Å². The van der Waals surface area contributed by atoms with E-state index in [2.05, 4.69) is 0 Å². The highest BCUT2D eigenvalue weighted by Gasteiger charge is 2.34. The maximum absolute atomic E-state index is 12.9. The molecule has 0 spiro atoms. The average molecular weight is 304 g/mol. The molecule has 120 valence electrons. The molecular formula is C15H23F3N2O. The number of alkyl halides is 3. The minimum Gasteiger partial charge on any atom is -0.377 e. The molecule has 0 amide bonds. The molecule has 0 fully saturated rings. The Morgan fingerprint density at radius 1 is 1.24 bits per heavy atom. The number of nitrogens with two attached hydrogens (primary N) is 1. The lowest BCUT2D eigenvalue weighted by Gasteiger charge is -2.24. The molecule has 1 aromatic carbocycles. The van der Waals surface area contributed by atoms with E-state index in [0.717, 1.165) is 6.07 Å². The van der Waals surface area contributed by atoms with Gasteiger partial charge in [0.05, 0.1) is 18.3 Å². The summed E-state index contributed by atoms with van der Waals surface area (Å²) < 4.78 is 44.3. The van der Waals surface area contributed by atoms with Gasteiger partial charge in [-0.25, -0.2) is 0 Å². The molecule has 0 saturated heterocycles. The van der Waals surface area contributed by atoms with Gasteiger partial charge in [-0.3, -0.25) is 0 Å². The third-order valence-corrected chi connectivity index (χ3v) is 3.10. The Labute approximate surface area is 123 Å². The predicted octanol–water partition coefficient (Wildman–Crippen LogP) is 3.06. The van der Waals surface area contributed by atoms with Crippen molar-refractivity contribution in [2.75, 3.05) is 26.7 Å². The number of hydrogen-bond donors (Lipinski definition) is 1. The van der Waals surface area contributed by atoms with Crippen molar-refractivity contribution in [1.82, 2.24) is 4.90 Å². The van der Waals surface area contributed by atoms with Crippen LogP contribution in [0.15, 0.2) is 24.3 Å². The van der Waals surface area contributed by atoms with Gasteiger partial charge in [0, 0.05) is 19.1 Å². The zero-order valence-electron chi connectivity index (χ0n) is 12.7. The van der Waals surface area contributed by atoms with Crippen LogP contribution in [0, 0.1) is 0 Å². The first-order valence-electron chi connectivity index (χ1n) is 6.93. The van der Waals surface area contributed by atoms with Gasteiger partial charge in [-0.05, 0) is 32.5 Å². The van der Waals surface area contributed by atoms with Crippen molar-refractivity contribution in [3.8, 4) is 0 Å². The molecule has 0 saturated carbocycles. The van der Waals surface area contributed by atoms with E-state index >= 15 is 0 Å². The highest BCUT2D eigenvalue weighted by molar-refractivity contribution is 5.32. The van der Waals surface area contributed by atoms with Gasteiger partial charge in [-0.15, -0.1) is 0 Å². The number of benzene rings is 1. The molecule has 1 atom stereocenters. The number of ether oxygens (including phenoxy) is 1. The van der Waals surface area contributed by atoms with E-state index in [4.69, 9.17) is 10.5 Å². The summed E-state index contributed by atoms with van der Waals surface area (Å²) >= 11 is 0. The minimum atomic E-state index is -4.38. The van der Waals surface area contributed by atoms with Crippen molar-refractivity contribution in [2.24, 2.45) is 5.73 Å². The summed E-state index contributed by atoms with van der Waals surface area (Å²) in [6.07, 6.45) is -4.24. The minimum absolute atomic E-state index is 0.127.